The number of nitrogens with one attached hydrogen (secondary N) is 3. The van der Waals surface area contributed by atoms with Crippen LogP contribution in [0.15, 0.2) is 54.7 Å². The molecule has 2 aliphatic rings. The third-order valence-corrected chi connectivity index (χ3v) is 6.80. The lowest BCUT2D eigenvalue weighted by molar-refractivity contribution is -0.137. The van der Waals surface area contributed by atoms with Gasteiger partial charge in [-0.25, -0.2) is 0 Å². The van der Waals surface area contributed by atoms with E-state index in [0.29, 0.717) is 30.8 Å². The average molecular weight is 442 g/mol. The van der Waals surface area contributed by atoms with Crippen molar-refractivity contribution in [3.05, 3.63) is 71.4 Å². The Labute approximate surface area is 184 Å². The highest BCUT2D eigenvalue weighted by Crippen LogP contribution is 2.36. The van der Waals surface area contributed by atoms with Crippen molar-refractivity contribution in [1.29, 1.82) is 0 Å². The molecular formula is C24H25F3N4O. The van der Waals surface area contributed by atoms with Crippen LogP contribution in [0, 0.1) is 5.92 Å². The zero-order valence-electron chi connectivity index (χ0n) is 17.5. The Balaban J connectivity index is 1.26. The van der Waals surface area contributed by atoms with E-state index in [4.69, 9.17) is 0 Å². The van der Waals surface area contributed by atoms with E-state index in [9.17, 15) is 18.0 Å². The van der Waals surface area contributed by atoms with Crippen molar-refractivity contribution in [2.75, 3.05) is 19.6 Å². The zero-order chi connectivity index (χ0) is 22.3. The van der Waals surface area contributed by atoms with Crippen LogP contribution in [0.1, 0.15) is 40.2 Å². The predicted octanol–water partition coefficient (Wildman–Crippen LogP) is 4.30. The van der Waals surface area contributed by atoms with Crippen LogP contribution in [0.4, 0.5) is 13.2 Å². The molecule has 2 saturated heterocycles. The maximum absolute atomic E-state index is 13.2. The minimum absolute atomic E-state index is 0.0203. The zero-order valence-corrected chi connectivity index (χ0v) is 17.5. The van der Waals surface area contributed by atoms with Crippen molar-refractivity contribution < 1.29 is 18.0 Å². The largest absolute Gasteiger partial charge is 0.416 e. The number of benzene rings is 2. The molecule has 3 heterocycles. The van der Waals surface area contributed by atoms with Gasteiger partial charge in [-0.2, -0.15) is 13.2 Å². The van der Waals surface area contributed by atoms with Crippen molar-refractivity contribution in [3.63, 3.8) is 0 Å². The topological polar surface area (TPSA) is 60.2 Å². The van der Waals surface area contributed by atoms with Crippen molar-refractivity contribution in [1.82, 2.24) is 20.7 Å². The maximum atomic E-state index is 13.2. The predicted molar refractivity (Wildman–Crippen MR) is 116 cm³/mol. The highest BCUT2D eigenvalue weighted by molar-refractivity contribution is 5.98. The van der Waals surface area contributed by atoms with E-state index in [1.165, 1.54) is 12.1 Å². The van der Waals surface area contributed by atoms with Gasteiger partial charge in [-0.1, -0.05) is 24.3 Å². The number of piperidine rings is 1. The summed E-state index contributed by atoms with van der Waals surface area (Å²) in [4.78, 5) is 18.0. The first-order chi connectivity index (χ1) is 15.4. The van der Waals surface area contributed by atoms with Gasteiger partial charge in [0.2, 0.25) is 0 Å². The van der Waals surface area contributed by atoms with Gasteiger partial charge in [-0.3, -0.25) is 15.6 Å². The summed E-state index contributed by atoms with van der Waals surface area (Å²) >= 11 is 0. The van der Waals surface area contributed by atoms with Crippen LogP contribution in [0.25, 0.3) is 10.9 Å². The summed E-state index contributed by atoms with van der Waals surface area (Å²) in [6.07, 6.45) is -0.871. The second-order valence-electron chi connectivity index (χ2n) is 8.69. The van der Waals surface area contributed by atoms with Gasteiger partial charge in [-0.15, -0.1) is 0 Å². The molecule has 5 rings (SSSR count). The quantitative estimate of drug-likeness (QED) is 0.567. The van der Waals surface area contributed by atoms with Gasteiger partial charge in [0.05, 0.1) is 5.56 Å². The minimum atomic E-state index is -4.35. The summed E-state index contributed by atoms with van der Waals surface area (Å²) in [5, 5.41) is 1.07. The molecule has 8 heteroatoms. The molecule has 3 aromatic rings. The number of fused-ring (bicyclic) bond motifs is 1. The van der Waals surface area contributed by atoms with E-state index in [2.05, 4.69) is 15.8 Å². The highest BCUT2D eigenvalue weighted by atomic mass is 19.4. The number of hydrazine groups is 1. The maximum Gasteiger partial charge on any atom is 0.416 e. The molecule has 5 nitrogen and oxygen atoms in total. The number of likely N-dealkylation sites (tertiary alicyclic amines) is 1. The molecule has 2 aliphatic heterocycles. The van der Waals surface area contributed by atoms with Crippen LogP contribution in [-0.2, 0) is 6.18 Å². The number of H-pyrrole nitrogens is 1. The van der Waals surface area contributed by atoms with Gasteiger partial charge < -0.3 is 9.88 Å². The fourth-order valence-electron chi connectivity index (χ4n) is 5.06. The molecule has 0 saturated carbocycles. The van der Waals surface area contributed by atoms with Gasteiger partial charge in [0.1, 0.15) is 0 Å². The number of rotatable bonds is 3. The molecular weight excluding hydrogens is 417 g/mol. The lowest BCUT2D eigenvalue weighted by Gasteiger charge is -2.36. The Bertz CT molecular complexity index is 1120. The molecule has 32 heavy (non-hydrogen) atoms. The number of hydrogen-bond donors (Lipinski definition) is 3. The van der Waals surface area contributed by atoms with Crippen LogP contribution in [0.3, 0.4) is 0 Å². The SMILES string of the molecule is O=C(c1ccc2cc[nH]c2c1)N1CCC(C2NNCC2c2cccc(C(F)(F)F)c2)CC1. The number of aromatic nitrogens is 1. The molecule has 1 amide bonds. The van der Waals surface area contributed by atoms with Crippen LogP contribution >= 0.6 is 0 Å². The van der Waals surface area contributed by atoms with Crippen LogP contribution in [0.2, 0.25) is 0 Å². The summed E-state index contributed by atoms with van der Waals surface area (Å²) in [7, 11) is 0. The summed E-state index contributed by atoms with van der Waals surface area (Å²) in [5.41, 5.74) is 8.11. The number of nitrogens with zero attached hydrogens (tertiary/aromatic N) is 1. The molecule has 0 bridgehead atoms. The number of halogens is 3. The summed E-state index contributed by atoms with van der Waals surface area (Å²) in [6.45, 7) is 1.86. The van der Waals surface area contributed by atoms with Crippen LogP contribution in [0.5, 0.6) is 0 Å². The fourth-order valence-corrected chi connectivity index (χ4v) is 5.06. The van der Waals surface area contributed by atoms with E-state index in [1.54, 1.807) is 6.07 Å². The minimum Gasteiger partial charge on any atom is -0.361 e. The number of carbonyl (C=O) groups excluding carboxylic acids is 1. The standard InChI is InChI=1S/C24H25F3N4O/c25-24(26,27)19-3-1-2-17(12-19)20-14-29-30-22(20)16-7-10-31(11-8-16)23(32)18-5-4-15-6-9-28-21(15)13-18/h1-6,9,12-13,16,20,22,28-30H,7-8,10-11,14H2. The average Bonchev–Trinajstić information content (AvgIpc) is 3.47. The molecule has 2 unspecified atom stereocenters. The van der Waals surface area contributed by atoms with Gasteiger partial charge in [0, 0.05) is 48.9 Å². The molecule has 2 aromatic carbocycles. The molecule has 3 N–H and O–H groups in total. The van der Waals surface area contributed by atoms with Crippen molar-refractivity contribution in [2.45, 2.75) is 31.0 Å². The normalized spacial score (nSPS) is 22.5. The smallest absolute Gasteiger partial charge is 0.361 e. The lowest BCUT2D eigenvalue weighted by atomic mass is 9.80. The summed E-state index contributed by atoms with van der Waals surface area (Å²) in [5.74, 6) is 0.256. The molecule has 1 aromatic heterocycles. The van der Waals surface area contributed by atoms with E-state index >= 15 is 0 Å². The molecule has 2 fully saturated rings. The Morgan fingerprint density at radius 1 is 1.03 bits per heavy atom. The van der Waals surface area contributed by atoms with Crippen LogP contribution < -0.4 is 10.9 Å². The van der Waals surface area contributed by atoms with Crippen LogP contribution in [-0.4, -0.2) is 41.5 Å². The van der Waals surface area contributed by atoms with Gasteiger partial charge in [-0.05, 0) is 54.0 Å². The second kappa shape index (κ2) is 8.26. The first kappa shape index (κ1) is 21.0. The Morgan fingerprint density at radius 2 is 1.84 bits per heavy atom. The second-order valence-corrected chi connectivity index (χ2v) is 8.69. The van der Waals surface area contributed by atoms with Crippen molar-refractivity contribution in [3.8, 4) is 0 Å². The molecule has 0 spiro atoms. The Morgan fingerprint density at radius 3 is 2.62 bits per heavy atom. The monoisotopic (exact) mass is 442 g/mol. The first-order valence-electron chi connectivity index (χ1n) is 10.9. The number of amides is 1. The fraction of sp³-hybridized carbons (Fsp3) is 0.375. The first-order valence-corrected chi connectivity index (χ1v) is 10.9. The third-order valence-electron chi connectivity index (χ3n) is 6.80. The van der Waals surface area contributed by atoms with E-state index < -0.39 is 11.7 Å². The summed E-state index contributed by atoms with van der Waals surface area (Å²) in [6, 6.07) is 13.3. The highest BCUT2D eigenvalue weighted by Gasteiger charge is 2.38. The van der Waals surface area contributed by atoms with Gasteiger partial charge in [0.25, 0.3) is 5.91 Å². The molecule has 0 aliphatic carbocycles. The van der Waals surface area contributed by atoms with Gasteiger partial charge in [0.15, 0.2) is 0 Å². The Hall–Kier alpha value is -2.84. The van der Waals surface area contributed by atoms with E-state index in [1.807, 2.05) is 35.4 Å². The van der Waals surface area contributed by atoms with E-state index in [-0.39, 0.29) is 23.8 Å². The molecule has 0 radical (unpaired) electrons. The van der Waals surface area contributed by atoms with Gasteiger partial charge >= 0.3 is 6.18 Å². The van der Waals surface area contributed by atoms with E-state index in [0.717, 1.165) is 29.8 Å². The number of carbonyl (C=O) groups is 1. The van der Waals surface area contributed by atoms with Crippen molar-refractivity contribution in [2.24, 2.45) is 5.92 Å². The number of alkyl halides is 3. The third kappa shape index (κ3) is 4.00. The lowest BCUT2D eigenvalue weighted by Crippen LogP contribution is -2.45. The number of aromatic amines is 1. The van der Waals surface area contributed by atoms with Crippen molar-refractivity contribution >= 4 is 16.8 Å². The summed E-state index contributed by atoms with van der Waals surface area (Å²) < 4.78 is 39.5. The Kier molecular flexibility index (Phi) is 5.43. The molecule has 168 valence electrons. The molecule has 2 atom stereocenters. The number of hydrogen-bond acceptors (Lipinski definition) is 3.